The Morgan fingerprint density at radius 1 is 1.25 bits per heavy atom. The molecule has 1 amide bonds. The number of halogens is 1. The summed E-state index contributed by atoms with van der Waals surface area (Å²) in [4.78, 5) is 12.0. The standard InChI is InChI=1S/C15H15BrN2O2/c1-20-12-6-7-13(17)14(9-12)18-15(19)8-10-2-4-11(16)5-3-10/h2-7,9H,8,17H2,1H3,(H,18,19). The Labute approximate surface area is 126 Å². The highest BCUT2D eigenvalue weighted by Gasteiger charge is 2.07. The van der Waals surface area contributed by atoms with Crippen molar-refractivity contribution in [3.05, 3.63) is 52.5 Å². The Bertz CT molecular complexity index is 612. The van der Waals surface area contributed by atoms with Gasteiger partial charge in [0, 0.05) is 10.5 Å². The van der Waals surface area contributed by atoms with Crippen LogP contribution in [0.15, 0.2) is 46.9 Å². The highest BCUT2D eigenvalue weighted by Crippen LogP contribution is 2.24. The van der Waals surface area contributed by atoms with Gasteiger partial charge < -0.3 is 15.8 Å². The Hall–Kier alpha value is -2.01. The molecule has 5 heteroatoms. The van der Waals surface area contributed by atoms with Gasteiger partial charge in [-0.05, 0) is 29.8 Å². The lowest BCUT2D eigenvalue weighted by Crippen LogP contribution is -2.15. The second-order valence-corrected chi connectivity index (χ2v) is 5.22. The molecule has 0 aliphatic rings. The Kier molecular flexibility index (Phi) is 4.63. The molecule has 0 spiro atoms. The molecule has 2 aromatic rings. The van der Waals surface area contributed by atoms with Gasteiger partial charge in [0.05, 0.1) is 24.9 Å². The van der Waals surface area contributed by atoms with E-state index in [0.717, 1.165) is 10.0 Å². The molecule has 0 atom stereocenters. The second-order valence-electron chi connectivity index (χ2n) is 4.30. The summed E-state index contributed by atoms with van der Waals surface area (Å²) in [6.07, 6.45) is 0.296. The molecule has 2 aromatic carbocycles. The van der Waals surface area contributed by atoms with Crippen LogP contribution in [0.25, 0.3) is 0 Å². The van der Waals surface area contributed by atoms with Crippen molar-refractivity contribution < 1.29 is 9.53 Å². The van der Waals surface area contributed by atoms with Crippen LogP contribution in [-0.2, 0) is 11.2 Å². The minimum Gasteiger partial charge on any atom is -0.497 e. The summed E-state index contributed by atoms with van der Waals surface area (Å²) in [6, 6.07) is 12.8. The maximum Gasteiger partial charge on any atom is 0.228 e. The molecule has 4 nitrogen and oxygen atoms in total. The van der Waals surface area contributed by atoms with Gasteiger partial charge in [-0.1, -0.05) is 28.1 Å². The van der Waals surface area contributed by atoms with Crippen LogP contribution in [0.3, 0.4) is 0 Å². The van der Waals surface area contributed by atoms with Crippen molar-refractivity contribution in [3.8, 4) is 5.75 Å². The van der Waals surface area contributed by atoms with E-state index in [1.165, 1.54) is 0 Å². The lowest BCUT2D eigenvalue weighted by Gasteiger charge is -2.10. The van der Waals surface area contributed by atoms with Crippen molar-refractivity contribution in [2.75, 3.05) is 18.2 Å². The number of hydrogen-bond donors (Lipinski definition) is 2. The van der Waals surface area contributed by atoms with Crippen molar-refractivity contribution in [1.82, 2.24) is 0 Å². The first kappa shape index (κ1) is 14.4. The molecule has 0 radical (unpaired) electrons. The first-order chi connectivity index (χ1) is 9.58. The molecule has 0 saturated carbocycles. The van der Waals surface area contributed by atoms with Gasteiger partial charge in [-0.3, -0.25) is 4.79 Å². The van der Waals surface area contributed by atoms with E-state index in [9.17, 15) is 4.79 Å². The molecule has 0 saturated heterocycles. The Balaban J connectivity index is 2.06. The van der Waals surface area contributed by atoms with Crippen molar-refractivity contribution in [2.45, 2.75) is 6.42 Å². The highest BCUT2D eigenvalue weighted by atomic mass is 79.9. The lowest BCUT2D eigenvalue weighted by atomic mass is 10.1. The SMILES string of the molecule is COc1ccc(N)c(NC(=O)Cc2ccc(Br)cc2)c1. The number of nitrogens with two attached hydrogens (primary N) is 1. The highest BCUT2D eigenvalue weighted by molar-refractivity contribution is 9.10. The molecule has 0 bridgehead atoms. The zero-order valence-electron chi connectivity index (χ0n) is 11.0. The van der Waals surface area contributed by atoms with Crippen molar-refractivity contribution in [1.29, 1.82) is 0 Å². The van der Waals surface area contributed by atoms with Crippen LogP contribution >= 0.6 is 15.9 Å². The van der Waals surface area contributed by atoms with Crippen molar-refractivity contribution >= 4 is 33.2 Å². The van der Waals surface area contributed by atoms with Gasteiger partial charge in [0.1, 0.15) is 5.75 Å². The lowest BCUT2D eigenvalue weighted by molar-refractivity contribution is -0.115. The Morgan fingerprint density at radius 2 is 1.95 bits per heavy atom. The summed E-state index contributed by atoms with van der Waals surface area (Å²) in [7, 11) is 1.57. The van der Waals surface area contributed by atoms with Gasteiger partial charge in [0.2, 0.25) is 5.91 Å². The van der Waals surface area contributed by atoms with Gasteiger partial charge in [-0.15, -0.1) is 0 Å². The van der Waals surface area contributed by atoms with E-state index in [2.05, 4.69) is 21.2 Å². The van der Waals surface area contributed by atoms with Crippen molar-refractivity contribution in [2.24, 2.45) is 0 Å². The van der Waals surface area contributed by atoms with E-state index in [-0.39, 0.29) is 5.91 Å². The number of rotatable bonds is 4. The van der Waals surface area contributed by atoms with Gasteiger partial charge in [-0.25, -0.2) is 0 Å². The smallest absolute Gasteiger partial charge is 0.228 e. The molecule has 104 valence electrons. The Morgan fingerprint density at radius 3 is 2.60 bits per heavy atom. The molecular formula is C15H15BrN2O2. The molecular weight excluding hydrogens is 320 g/mol. The maximum atomic E-state index is 12.0. The summed E-state index contributed by atoms with van der Waals surface area (Å²) in [5, 5.41) is 2.79. The fourth-order valence-electron chi connectivity index (χ4n) is 1.75. The summed E-state index contributed by atoms with van der Waals surface area (Å²) in [6.45, 7) is 0. The van der Waals surface area contributed by atoms with Crippen LogP contribution in [0.2, 0.25) is 0 Å². The zero-order chi connectivity index (χ0) is 14.5. The molecule has 0 fully saturated rings. The molecule has 20 heavy (non-hydrogen) atoms. The van der Waals surface area contributed by atoms with E-state index < -0.39 is 0 Å². The molecule has 3 N–H and O–H groups in total. The van der Waals surface area contributed by atoms with Gasteiger partial charge in [-0.2, -0.15) is 0 Å². The predicted octanol–water partition coefficient (Wildman–Crippen LogP) is 3.22. The van der Waals surface area contributed by atoms with Crippen LogP contribution < -0.4 is 15.8 Å². The molecule has 0 aliphatic carbocycles. The fourth-order valence-corrected chi connectivity index (χ4v) is 2.02. The van der Waals surface area contributed by atoms with E-state index >= 15 is 0 Å². The van der Waals surface area contributed by atoms with Gasteiger partial charge >= 0.3 is 0 Å². The third kappa shape index (κ3) is 3.74. The normalized spacial score (nSPS) is 10.1. The third-order valence-corrected chi connectivity index (χ3v) is 3.34. The van der Waals surface area contributed by atoms with E-state index in [4.69, 9.17) is 10.5 Å². The topological polar surface area (TPSA) is 64.3 Å². The number of anilines is 2. The number of carbonyl (C=O) groups excluding carboxylic acids is 1. The monoisotopic (exact) mass is 334 g/mol. The van der Waals surface area contributed by atoms with E-state index in [1.54, 1.807) is 25.3 Å². The quantitative estimate of drug-likeness (QED) is 0.843. The number of hydrogen-bond acceptors (Lipinski definition) is 3. The molecule has 0 aromatic heterocycles. The van der Waals surface area contributed by atoms with Crippen LogP contribution in [-0.4, -0.2) is 13.0 Å². The zero-order valence-corrected chi connectivity index (χ0v) is 12.6. The van der Waals surface area contributed by atoms with Crippen LogP contribution in [0.5, 0.6) is 5.75 Å². The molecule has 0 heterocycles. The number of ether oxygens (including phenoxy) is 1. The summed E-state index contributed by atoms with van der Waals surface area (Å²) in [5.74, 6) is 0.533. The third-order valence-electron chi connectivity index (χ3n) is 2.81. The number of amides is 1. The van der Waals surface area contributed by atoms with Crippen LogP contribution in [0, 0.1) is 0 Å². The van der Waals surface area contributed by atoms with Gasteiger partial charge in [0.25, 0.3) is 0 Å². The van der Waals surface area contributed by atoms with Crippen LogP contribution in [0.1, 0.15) is 5.56 Å². The van der Waals surface area contributed by atoms with Gasteiger partial charge in [0.15, 0.2) is 0 Å². The number of methoxy groups -OCH3 is 1. The average Bonchev–Trinajstić information content (AvgIpc) is 2.44. The number of nitrogen functional groups attached to an aromatic ring is 1. The fraction of sp³-hybridized carbons (Fsp3) is 0.133. The molecule has 2 rings (SSSR count). The number of nitrogens with one attached hydrogen (secondary N) is 1. The average molecular weight is 335 g/mol. The minimum absolute atomic E-state index is 0.118. The number of carbonyl (C=O) groups is 1. The molecule has 0 aliphatic heterocycles. The predicted molar refractivity (Wildman–Crippen MR) is 83.9 cm³/mol. The largest absolute Gasteiger partial charge is 0.497 e. The molecule has 0 unspecified atom stereocenters. The van der Waals surface area contributed by atoms with Crippen LogP contribution in [0.4, 0.5) is 11.4 Å². The maximum absolute atomic E-state index is 12.0. The van der Waals surface area contributed by atoms with E-state index in [0.29, 0.717) is 23.5 Å². The number of benzene rings is 2. The van der Waals surface area contributed by atoms with Crippen molar-refractivity contribution in [3.63, 3.8) is 0 Å². The first-order valence-electron chi connectivity index (χ1n) is 6.06. The minimum atomic E-state index is -0.118. The van der Waals surface area contributed by atoms with E-state index in [1.807, 2.05) is 24.3 Å². The summed E-state index contributed by atoms with van der Waals surface area (Å²) >= 11 is 3.36. The summed E-state index contributed by atoms with van der Waals surface area (Å²) < 4.78 is 6.10. The summed E-state index contributed by atoms with van der Waals surface area (Å²) in [5.41, 5.74) is 7.84. The first-order valence-corrected chi connectivity index (χ1v) is 6.85. The second kappa shape index (κ2) is 6.43.